The highest BCUT2D eigenvalue weighted by Crippen LogP contribution is 2.11. The van der Waals surface area contributed by atoms with Crippen molar-refractivity contribution >= 4 is 40.6 Å². The van der Waals surface area contributed by atoms with Crippen LogP contribution in [-0.2, 0) is 19.2 Å². The molecule has 5 N–H and O–H groups in total. The standard InChI is InChI=1S/C16H19N3O7S/c20-8-11(15(25)18-7-14(23)24)19-12(21)6-17-13(22)9-27-16(26)10-4-2-1-3-5-10/h1-5,11,20H,6-9H2,(H,17,22)(H,18,25)(H,19,21)(H,23,24)/t11-/m0/s1/i/hD. The lowest BCUT2D eigenvalue weighted by Crippen LogP contribution is -2.52. The van der Waals surface area contributed by atoms with Gasteiger partial charge in [-0.1, -0.05) is 42.1 Å². The third-order valence-corrected chi connectivity index (χ3v) is 3.87. The van der Waals surface area contributed by atoms with Crippen LogP contribution in [0.15, 0.2) is 30.3 Å². The molecule has 0 aromatic heterocycles. The van der Waals surface area contributed by atoms with Crippen molar-refractivity contribution in [2.24, 2.45) is 0 Å². The molecule has 146 valence electrons. The highest BCUT2D eigenvalue weighted by atomic mass is 32.2. The van der Waals surface area contributed by atoms with Gasteiger partial charge in [0, 0.05) is 5.56 Å². The number of carbonyl (C=O) groups excluding carboxylic acids is 4. The van der Waals surface area contributed by atoms with Gasteiger partial charge in [-0.15, -0.1) is 0 Å². The second-order valence-corrected chi connectivity index (χ2v) is 6.01. The van der Waals surface area contributed by atoms with Crippen LogP contribution in [0.2, 0.25) is 1.41 Å². The SMILES string of the molecule is [2H]N(CC(=O)N[C@@H](CO)C(=O)NCC(=O)O)C(=O)CSC(=O)c1ccccc1. The molecule has 1 atom stereocenters. The van der Waals surface area contributed by atoms with Gasteiger partial charge in [0.2, 0.25) is 22.8 Å². The van der Waals surface area contributed by atoms with E-state index in [1.165, 1.54) is 0 Å². The molecule has 0 saturated heterocycles. The number of carbonyl (C=O) groups is 5. The minimum Gasteiger partial charge on any atom is -0.480 e. The predicted molar refractivity (Wildman–Crippen MR) is 95.9 cm³/mol. The number of carboxylic acid groups (broad SMARTS) is 1. The quantitative estimate of drug-likeness (QED) is 0.313. The Balaban J connectivity index is 2.45. The molecule has 0 heterocycles. The minimum absolute atomic E-state index is 0.324. The zero-order chi connectivity index (χ0) is 21.1. The molecule has 0 aliphatic rings. The first kappa shape index (κ1) is 20.4. The highest BCUT2D eigenvalue weighted by Gasteiger charge is 2.20. The van der Waals surface area contributed by atoms with Gasteiger partial charge < -0.3 is 26.2 Å². The van der Waals surface area contributed by atoms with E-state index in [0.717, 1.165) is 0 Å². The normalized spacial score (nSPS) is 11.7. The molecule has 0 fully saturated rings. The van der Waals surface area contributed by atoms with Crippen molar-refractivity contribution in [1.82, 2.24) is 15.9 Å². The lowest BCUT2D eigenvalue weighted by atomic mass is 10.2. The number of hydrogen-bond donors (Lipinski definition) is 5. The summed E-state index contributed by atoms with van der Waals surface area (Å²) in [6.45, 7) is -2.23. The minimum atomic E-state index is -1.43. The predicted octanol–water partition coefficient (Wildman–Crippen LogP) is -1.65. The fourth-order valence-corrected chi connectivity index (χ4v) is 2.36. The lowest BCUT2D eigenvalue weighted by Gasteiger charge is -2.15. The van der Waals surface area contributed by atoms with Crippen LogP contribution >= 0.6 is 11.8 Å². The fraction of sp³-hybridized carbons (Fsp3) is 0.312. The Morgan fingerprint density at radius 1 is 1.07 bits per heavy atom. The molecular formula is C16H19N3O7S. The van der Waals surface area contributed by atoms with Crippen molar-refractivity contribution in [2.45, 2.75) is 6.04 Å². The third kappa shape index (κ3) is 8.83. The molecule has 0 unspecified atom stereocenters. The van der Waals surface area contributed by atoms with Crippen LogP contribution in [0.3, 0.4) is 0 Å². The maximum absolute atomic E-state index is 11.9. The molecule has 1 rings (SSSR count). The Morgan fingerprint density at radius 3 is 2.33 bits per heavy atom. The Labute approximate surface area is 160 Å². The molecule has 11 heteroatoms. The van der Waals surface area contributed by atoms with Crippen molar-refractivity contribution in [3.8, 4) is 0 Å². The van der Waals surface area contributed by atoms with E-state index in [2.05, 4.69) is 5.32 Å². The van der Waals surface area contributed by atoms with E-state index in [9.17, 15) is 24.0 Å². The molecule has 10 nitrogen and oxygen atoms in total. The summed E-state index contributed by atoms with van der Waals surface area (Å²) in [5.74, 6) is -4.30. The van der Waals surface area contributed by atoms with Crippen LogP contribution in [0, 0.1) is 0 Å². The monoisotopic (exact) mass is 398 g/mol. The van der Waals surface area contributed by atoms with Crippen LogP contribution in [0.25, 0.3) is 0 Å². The van der Waals surface area contributed by atoms with E-state index in [0.29, 0.717) is 22.6 Å². The summed E-state index contributed by atoms with van der Waals surface area (Å²) in [5.41, 5.74) is 0.396. The topological polar surface area (TPSA) is 162 Å². The van der Waals surface area contributed by atoms with Crippen molar-refractivity contribution in [1.29, 1.82) is 0 Å². The van der Waals surface area contributed by atoms with Gasteiger partial charge in [-0.2, -0.15) is 0 Å². The summed E-state index contributed by atoms with van der Waals surface area (Å²) in [5, 5.41) is 21.6. The van der Waals surface area contributed by atoms with E-state index >= 15 is 0 Å². The van der Waals surface area contributed by atoms with Crippen LogP contribution in [-0.4, -0.2) is 70.5 Å². The first-order valence-corrected chi connectivity index (χ1v) is 8.64. The number of hydrogen-bond acceptors (Lipinski definition) is 7. The van der Waals surface area contributed by atoms with Gasteiger partial charge in [0.15, 0.2) is 1.41 Å². The molecule has 0 radical (unpaired) electrons. The Hall–Kier alpha value is -2.92. The molecule has 27 heavy (non-hydrogen) atoms. The lowest BCUT2D eigenvalue weighted by molar-refractivity contribution is -0.138. The zero-order valence-corrected chi connectivity index (χ0v) is 14.9. The van der Waals surface area contributed by atoms with E-state index in [1.807, 2.05) is 5.32 Å². The van der Waals surface area contributed by atoms with Crippen molar-refractivity contribution in [3.05, 3.63) is 35.9 Å². The van der Waals surface area contributed by atoms with Crippen LogP contribution in [0.5, 0.6) is 0 Å². The summed E-state index contributed by atoms with van der Waals surface area (Å²) >= 11 is 0.684. The molecule has 3 amide bonds. The van der Waals surface area contributed by atoms with Gasteiger partial charge in [-0.25, -0.2) is 0 Å². The second-order valence-electron chi connectivity index (χ2n) is 5.07. The molecule has 0 aliphatic heterocycles. The van der Waals surface area contributed by atoms with Crippen LogP contribution in [0.1, 0.15) is 10.4 Å². The summed E-state index contributed by atoms with van der Waals surface area (Å²) in [4.78, 5) is 57.6. The number of aliphatic hydroxyl groups is 1. The molecule has 0 aliphatic carbocycles. The second kappa shape index (κ2) is 11.6. The number of benzene rings is 1. The molecule has 0 bridgehead atoms. The average Bonchev–Trinajstić information content (AvgIpc) is 2.68. The van der Waals surface area contributed by atoms with Crippen LogP contribution < -0.4 is 15.9 Å². The number of carboxylic acids is 1. The van der Waals surface area contributed by atoms with E-state index in [1.54, 1.807) is 30.3 Å². The van der Waals surface area contributed by atoms with Gasteiger partial charge in [0.1, 0.15) is 12.6 Å². The van der Waals surface area contributed by atoms with Crippen molar-refractivity contribution in [2.75, 3.05) is 25.4 Å². The Kier molecular flexibility index (Phi) is 8.80. The first-order chi connectivity index (χ1) is 13.2. The summed E-state index contributed by atoms with van der Waals surface area (Å²) in [7, 11) is 0. The number of thioether (sulfide) groups is 1. The van der Waals surface area contributed by atoms with Crippen LogP contribution in [0.4, 0.5) is 0 Å². The van der Waals surface area contributed by atoms with Crippen molar-refractivity contribution in [3.63, 3.8) is 0 Å². The number of amides is 3. The molecule has 0 saturated carbocycles. The summed E-state index contributed by atoms with van der Waals surface area (Å²) in [6.07, 6.45) is 0. The van der Waals surface area contributed by atoms with E-state index in [-0.39, 0.29) is 10.9 Å². The Morgan fingerprint density at radius 2 is 1.74 bits per heavy atom. The van der Waals surface area contributed by atoms with Gasteiger partial charge in [0.25, 0.3) is 0 Å². The number of aliphatic hydroxyl groups excluding tert-OH is 1. The van der Waals surface area contributed by atoms with Gasteiger partial charge in [0.05, 0.1) is 18.9 Å². The molecule has 0 spiro atoms. The number of rotatable bonds is 10. The zero-order valence-electron chi connectivity index (χ0n) is 15.1. The summed E-state index contributed by atoms with van der Waals surface area (Å²) < 4.78 is 7.56. The highest BCUT2D eigenvalue weighted by molar-refractivity contribution is 8.14. The van der Waals surface area contributed by atoms with E-state index < -0.39 is 49.4 Å². The number of nitrogens with one attached hydrogen (secondary N) is 3. The Bertz CT molecular complexity index is 732. The molecule has 1 aromatic carbocycles. The fourth-order valence-electron chi connectivity index (χ4n) is 1.71. The van der Waals surface area contributed by atoms with E-state index in [4.69, 9.17) is 11.6 Å². The maximum Gasteiger partial charge on any atom is 0.322 e. The summed E-state index contributed by atoms with van der Waals surface area (Å²) in [6, 6.07) is 6.80. The van der Waals surface area contributed by atoms with Crippen molar-refractivity contribution < 1.29 is 35.6 Å². The third-order valence-electron chi connectivity index (χ3n) is 2.98. The first-order valence-electron chi connectivity index (χ1n) is 8.10. The average molecular weight is 398 g/mol. The maximum atomic E-state index is 11.9. The molecule has 1 aromatic rings. The van der Waals surface area contributed by atoms with Gasteiger partial charge >= 0.3 is 5.97 Å². The smallest absolute Gasteiger partial charge is 0.322 e. The van der Waals surface area contributed by atoms with Gasteiger partial charge in [-0.05, 0) is 0 Å². The number of aliphatic carboxylic acids is 1. The molecular weight excluding hydrogens is 378 g/mol. The van der Waals surface area contributed by atoms with Gasteiger partial charge in [-0.3, -0.25) is 24.0 Å². The largest absolute Gasteiger partial charge is 0.480 e.